The number of urea groups is 1. The molecule has 2 heterocycles. The smallest absolute Gasteiger partial charge is 0.319 e. The van der Waals surface area contributed by atoms with Gasteiger partial charge in [-0.2, -0.15) is 0 Å². The van der Waals surface area contributed by atoms with Gasteiger partial charge in [-0.15, -0.1) is 0 Å². The molecule has 0 spiro atoms. The molecule has 0 saturated heterocycles. The Morgan fingerprint density at radius 3 is 1.77 bits per heavy atom. The third-order valence-corrected chi connectivity index (χ3v) is 6.92. The largest absolute Gasteiger partial charge is 0.371 e. The predicted octanol–water partition coefficient (Wildman–Crippen LogP) is 6.76. The molecule has 182 valence electrons. The number of anilines is 2. The summed E-state index contributed by atoms with van der Waals surface area (Å²) in [5.41, 5.74) is 4.54. The second kappa shape index (κ2) is 8.99. The number of hydrogen-bond acceptors (Lipinski definition) is 2. The zero-order chi connectivity index (χ0) is 24.7. The molecule has 0 aromatic heterocycles. The van der Waals surface area contributed by atoms with Gasteiger partial charge in [0.05, 0.1) is 0 Å². The van der Waals surface area contributed by atoms with Gasteiger partial charge in [0.2, 0.25) is 0 Å². The van der Waals surface area contributed by atoms with Gasteiger partial charge in [0.15, 0.2) is 0 Å². The SMILES string of the molecule is CC(C)(C)NC(=O)Nc1cc2c3c(c1)C(c1ccccc1F)CCN3CCC2c1ccccc1F. The monoisotopic (exact) mass is 475 g/mol. The predicted molar refractivity (Wildman–Crippen MR) is 136 cm³/mol. The number of carbonyl (C=O) groups is 1. The Bertz CT molecular complexity index is 1190. The van der Waals surface area contributed by atoms with E-state index < -0.39 is 5.54 Å². The Kier molecular flexibility index (Phi) is 5.99. The van der Waals surface area contributed by atoms with Crippen molar-refractivity contribution in [3.63, 3.8) is 0 Å². The zero-order valence-corrected chi connectivity index (χ0v) is 20.4. The Balaban J connectivity index is 1.66. The van der Waals surface area contributed by atoms with E-state index in [-0.39, 0.29) is 29.5 Å². The quantitative estimate of drug-likeness (QED) is 0.439. The lowest BCUT2D eigenvalue weighted by Gasteiger charge is -2.43. The van der Waals surface area contributed by atoms with Crippen LogP contribution in [0.2, 0.25) is 0 Å². The maximum atomic E-state index is 14.9. The first-order valence-corrected chi connectivity index (χ1v) is 12.2. The van der Waals surface area contributed by atoms with Gasteiger partial charge in [-0.25, -0.2) is 13.6 Å². The topological polar surface area (TPSA) is 44.4 Å². The van der Waals surface area contributed by atoms with Crippen molar-refractivity contribution in [3.8, 4) is 0 Å². The molecule has 0 aliphatic carbocycles. The molecule has 2 aliphatic rings. The summed E-state index contributed by atoms with van der Waals surface area (Å²) in [6.07, 6.45) is 1.55. The number of rotatable bonds is 3. The molecule has 4 nitrogen and oxygen atoms in total. The maximum absolute atomic E-state index is 14.9. The van der Waals surface area contributed by atoms with Crippen molar-refractivity contribution in [2.24, 2.45) is 0 Å². The fraction of sp³-hybridized carbons (Fsp3) is 0.345. The summed E-state index contributed by atoms with van der Waals surface area (Å²) in [6, 6.07) is 17.4. The van der Waals surface area contributed by atoms with E-state index in [4.69, 9.17) is 0 Å². The summed E-state index contributed by atoms with van der Waals surface area (Å²) in [5, 5.41) is 5.91. The molecule has 3 aromatic rings. The molecule has 5 rings (SSSR count). The van der Waals surface area contributed by atoms with E-state index in [1.54, 1.807) is 12.1 Å². The Hall–Kier alpha value is -3.41. The van der Waals surface area contributed by atoms with Crippen molar-refractivity contribution < 1.29 is 13.6 Å². The van der Waals surface area contributed by atoms with Crippen LogP contribution in [0.3, 0.4) is 0 Å². The van der Waals surface area contributed by atoms with Crippen LogP contribution in [0.15, 0.2) is 60.7 Å². The molecule has 35 heavy (non-hydrogen) atoms. The summed E-state index contributed by atoms with van der Waals surface area (Å²) in [5.74, 6) is -0.754. The van der Waals surface area contributed by atoms with Gasteiger partial charge < -0.3 is 15.5 Å². The highest BCUT2D eigenvalue weighted by molar-refractivity contribution is 5.91. The van der Waals surface area contributed by atoms with E-state index in [0.717, 1.165) is 42.7 Å². The van der Waals surface area contributed by atoms with E-state index in [9.17, 15) is 13.6 Å². The summed E-state index contributed by atoms with van der Waals surface area (Å²) in [4.78, 5) is 15.1. The van der Waals surface area contributed by atoms with Gasteiger partial charge in [-0.1, -0.05) is 36.4 Å². The number of hydrogen-bond donors (Lipinski definition) is 2. The Morgan fingerprint density at radius 2 is 1.31 bits per heavy atom. The van der Waals surface area contributed by atoms with Gasteiger partial charge >= 0.3 is 6.03 Å². The highest BCUT2D eigenvalue weighted by atomic mass is 19.1. The van der Waals surface area contributed by atoms with E-state index >= 15 is 0 Å². The third kappa shape index (κ3) is 4.62. The second-order valence-electron chi connectivity index (χ2n) is 10.5. The fourth-order valence-electron chi connectivity index (χ4n) is 5.53. The maximum Gasteiger partial charge on any atom is 0.319 e. The van der Waals surface area contributed by atoms with Crippen LogP contribution >= 0.6 is 0 Å². The van der Waals surface area contributed by atoms with Crippen LogP contribution in [-0.4, -0.2) is 24.7 Å². The molecule has 0 fully saturated rings. The van der Waals surface area contributed by atoms with Gasteiger partial charge in [0.1, 0.15) is 11.6 Å². The molecule has 0 bridgehead atoms. The van der Waals surface area contributed by atoms with Crippen molar-refractivity contribution in [1.82, 2.24) is 5.32 Å². The average Bonchev–Trinajstić information content (AvgIpc) is 2.79. The van der Waals surface area contributed by atoms with E-state index in [0.29, 0.717) is 16.8 Å². The summed E-state index contributed by atoms with van der Waals surface area (Å²) < 4.78 is 29.8. The Labute approximate surface area is 205 Å². The van der Waals surface area contributed by atoms with E-state index in [2.05, 4.69) is 15.5 Å². The standard InChI is InChI=1S/C29H31F2N3O/c1-29(2,3)33-28(35)32-18-16-23-19(21-8-4-6-10-25(21)30)12-14-34-15-13-20(24(17-18)27(23)34)22-9-5-7-11-26(22)31/h4-11,16-17,19-20H,12-15H2,1-3H3,(H2,32,33,35). The van der Waals surface area contributed by atoms with Gasteiger partial charge in [-0.05, 0) is 80.1 Å². The molecular weight excluding hydrogens is 444 g/mol. The first kappa shape index (κ1) is 23.3. The lowest BCUT2D eigenvalue weighted by Crippen LogP contribution is -2.43. The van der Waals surface area contributed by atoms with Crippen LogP contribution < -0.4 is 15.5 Å². The van der Waals surface area contributed by atoms with Crippen LogP contribution in [-0.2, 0) is 0 Å². The van der Waals surface area contributed by atoms with Crippen LogP contribution in [0.4, 0.5) is 25.0 Å². The average molecular weight is 476 g/mol. The minimum atomic E-state index is -0.394. The number of benzene rings is 3. The van der Waals surface area contributed by atoms with Gasteiger partial charge in [0.25, 0.3) is 0 Å². The molecule has 2 N–H and O–H groups in total. The highest BCUT2D eigenvalue weighted by Crippen LogP contribution is 2.50. The number of carbonyl (C=O) groups excluding carboxylic acids is 1. The Morgan fingerprint density at radius 1 is 0.829 bits per heavy atom. The highest BCUT2D eigenvalue weighted by Gasteiger charge is 2.36. The van der Waals surface area contributed by atoms with Crippen molar-refractivity contribution >= 4 is 17.4 Å². The summed E-state index contributed by atoms with van der Waals surface area (Å²) >= 11 is 0. The third-order valence-electron chi connectivity index (χ3n) is 6.92. The lowest BCUT2D eigenvalue weighted by atomic mass is 9.76. The normalized spacial score (nSPS) is 19.2. The number of nitrogens with zero attached hydrogens (tertiary/aromatic N) is 1. The molecule has 2 aliphatic heterocycles. The van der Waals surface area contributed by atoms with E-state index in [1.807, 2.05) is 57.2 Å². The molecular formula is C29H31F2N3O. The first-order valence-electron chi connectivity index (χ1n) is 12.2. The van der Waals surface area contributed by atoms with Crippen molar-refractivity contribution in [2.45, 2.75) is 51.0 Å². The summed E-state index contributed by atoms with van der Waals surface area (Å²) in [6.45, 7) is 7.37. The minimum absolute atomic E-state index is 0.145. The lowest BCUT2D eigenvalue weighted by molar-refractivity contribution is 0.244. The van der Waals surface area contributed by atoms with Crippen LogP contribution in [0, 0.1) is 11.6 Å². The molecule has 0 saturated carbocycles. The molecule has 0 radical (unpaired) electrons. The van der Waals surface area contributed by atoms with E-state index in [1.165, 1.54) is 12.1 Å². The van der Waals surface area contributed by atoms with Crippen molar-refractivity contribution in [2.75, 3.05) is 23.3 Å². The zero-order valence-electron chi connectivity index (χ0n) is 20.4. The minimum Gasteiger partial charge on any atom is -0.371 e. The number of amides is 2. The van der Waals surface area contributed by atoms with Crippen LogP contribution in [0.5, 0.6) is 0 Å². The van der Waals surface area contributed by atoms with Crippen molar-refractivity contribution in [1.29, 1.82) is 0 Å². The molecule has 2 atom stereocenters. The van der Waals surface area contributed by atoms with Crippen LogP contribution in [0.25, 0.3) is 0 Å². The van der Waals surface area contributed by atoms with Gasteiger partial charge in [-0.3, -0.25) is 0 Å². The van der Waals surface area contributed by atoms with Gasteiger partial charge in [0, 0.05) is 41.8 Å². The number of halogens is 2. The molecule has 2 amide bonds. The molecule has 2 unspecified atom stereocenters. The summed E-state index contributed by atoms with van der Waals surface area (Å²) in [7, 11) is 0. The fourth-order valence-corrected chi connectivity index (χ4v) is 5.53. The van der Waals surface area contributed by atoms with Crippen molar-refractivity contribution in [3.05, 3.63) is 94.6 Å². The number of nitrogens with one attached hydrogen (secondary N) is 2. The first-order chi connectivity index (χ1) is 16.7. The van der Waals surface area contributed by atoms with Crippen LogP contribution in [0.1, 0.15) is 67.7 Å². The molecule has 3 aromatic carbocycles. The molecule has 6 heteroatoms. The second-order valence-corrected chi connectivity index (χ2v) is 10.5.